The lowest BCUT2D eigenvalue weighted by Gasteiger charge is -2.14. The Morgan fingerprint density at radius 2 is 1.36 bits per heavy atom. The lowest BCUT2D eigenvalue weighted by atomic mass is 10.1. The number of rotatable bonds is 12. The molecule has 0 aliphatic heterocycles. The van der Waals surface area contributed by atoms with Crippen molar-refractivity contribution in [3.63, 3.8) is 0 Å². The van der Waals surface area contributed by atoms with Gasteiger partial charge in [0.05, 0.1) is 20.8 Å². The maximum atomic E-state index is 5.98. The first kappa shape index (κ1) is 26.7. The van der Waals surface area contributed by atoms with E-state index in [0.29, 0.717) is 18.2 Å². The van der Waals surface area contributed by atoms with E-state index in [1.807, 2.05) is 55.5 Å². The number of ether oxygens (including phenoxy) is 4. The van der Waals surface area contributed by atoms with Crippen molar-refractivity contribution >= 4 is 24.0 Å². The molecule has 0 unspecified atom stereocenters. The van der Waals surface area contributed by atoms with Crippen molar-refractivity contribution in [1.82, 2.24) is 5.32 Å². The van der Waals surface area contributed by atoms with E-state index in [2.05, 4.69) is 17.4 Å². The molecule has 1 N–H and O–H groups in total. The number of nitrogens with one attached hydrogen (secondary N) is 1. The number of methoxy groups -OCH3 is 2. The van der Waals surface area contributed by atoms with Gasteiger partial charge in [0, 0.05) is 11.6 Å². The van der Waals surface area contributed by atoms with E-state index in [-0.39, 0.29) is 12.4 Å². The maximum absolute atomic E-state index is 5.98. The van der Waals surface area contributed by atoms with Gasteiger partial charge in [-0.05, 0) is 73.0 Å². The summed E-state index contributed by atoms with van der Waals surface area (Å²) in [5.74, 6) is 2.98. The molecule has 3 aromatic rings. The molecular weight excluding hydrogens is 461 g/mol. The van der Waals surface area contributed by atoms with Gasteiger partial charge in [-0.15, -0.1) is 12.4 Å². The zero-order valence-corrected chi connectivity index (χ0v) is 20.8. The van der Waals surface area contributed by atoms with E-state index in [1.54, 1.807) is 14.2 Å². The molecule has 0 aliphatic carbocycles. The second kappa shape index (κ2) is 13.8. The number of halogens is 2. The Morgan fingerprint density at radius 1 is 0.727 bits per heavy atom. The van der Waals surface area contributed by atoms with Gasteiger partial charge in [-0.25, -0.2) is 0 Å². The van der Waals surface area contributed by atoms with Crippen molar-refractivity contribution in [2.75, 3.05) is 27.4 Å². The predicted octanol–water partition coefficient (Wildman–Crippen LogP) is 6.09. The number of hydrogen-bond donors (Lipinski definition) is 1. The second-order valence-electron chi connectivity index (χ2n) is 7.25. The molecule has 178 valence electrons. The highest BCUT2D eigenvalue weighted by atomic mass is 35.5. The standard InChI is InChI=1S/C26H30ClNO4.ClH/c1-4-31-26-16-21(8-12-24(26)32-18-20-5-9-22(27)10-6-20)17-28-14-13-19-7-11-23(29-2)25(15-19)30-3;/h5-12,15-16,28H,4,13-14,17-18H2,1-3H3;1H. The van der Waals surface area contributed by atoms with Crippen LogP contribution in [0.1, 0.15) is 23.6 Å². The summed E-state index contributed by atoms with van der Waals surface area (Å²) < 4.78 is 22.5. The Balaban J connectivity index is 0.00000385. The van der Waals surface area contributed by atoms with Gasteiger partial charge in [-0.1, -0.05) is 35.9 Å². The minimum absolute atomic E-state index is 0. The predicted molar refractivity (Wildman–Crippen MR) is 136 cm³/mol. The van der Waals surface area contributed by atoms with Crippen molar-refractivity contribution < 1.29 is 18.9 Å². The normalized spacial score (nSPS) is 10.3. The largest absolute Gasteiger partial charge is 0.493 e. The average molecular weight is 492 g/mol. The first-order chi connectivity index (χ1) is 15.6. The Hall–Kier alpha value is -2.60. The minimum atomic E-state index is 0. The van der Waals surface area contributed by atoms with Crippen LogP contribution in [0, 0.1) is 0 Å². The molecule has 5 nitrogen and oxygen atoms in total. The van der Waals surface area contributed by atoms with E-state index < -0.39 is 0 Å². The third-order valence-corrected chi connectivity index (χ3v) is 5.24. The van der Waals surface area contributed by atoms with E-state index in [4.69, 9.17) is 30.5 Å². The van der Waals surface area contributed by atoms with E-state index in [9.17, 15) is 0 Å². The lowest BCUT2D eigenvalue weighted by molar-refractivity contribution is 0.269. The summed E-state index contributed by atoms with van der Waals surface area (Å²) in [6.07, 6.45) is 0.890. The van der Waals surface area contributed by atoms with Gasteiger partial charge in [0.25, 0.3) is 0 Å². The van der Waals surface area contributed by atoms with E-state index in [0.717, 1.165) is 53.6 Å². The second-order valence-corrected chi connectivity index (χ2v) is 7.68. The SMILES string of the molecule is CCOc1cc(CNCCc2ccc(OC)c(OC)c2)ccc1OCc1ccc(Cl)cc1.Cl. The van der Waals surface area contributed by atoms with Crippen LogP contribution < -0.4 is 24.3 Å². The minimum Gasteiger partial charge on any atom is -0.493 e. The summed E-state index contributed by atoms with van der Waals surface area (Å²) in [7, 11) is 3.29. The van der Waals surface area contributed by atoms with E-state index in [1.165, 1.54) is 5.56 Å². The first-order valence-electron chi connectivity index (χ1n) is 10.7. The monoisotopic (exact) mass is 491 g/mol. The van der Waals surface area contributed by atoms with Gasteiger partial charge in [-0.3, -0.25) is 0 Å². The molecule has 0 saturated carbocycles. The van der Waals surface area contributed by atoms with Crippen LogP contribution in [-0.2, 0) is 19.6 Å². The molecule has 0 saturated heterocycles. The highest BCUT2D eigenvalue weighted by molar-refractivity contribution is 6.30. The highest BCUT2D eigenvalue weighted by Gasteiger charge is 2.08. The first-order valence-corrected chi connectivity index (χ1v) is 11.0. The third-order valence-electron chi connectivity index (χ3n) is 4.98. The van der Waals surface area contributed by atoms with Crippen molar-refractivity contribution in [2.24, 2.45) is 0 Å². The molecule has 0 fully saturated rings. The molecule has 0 atom stereocenters. The molecule has 33 heavy (non-hydrogen) atoms. The maximum Gasteiger partial charge on any atom is 0.161 e. The van der Waals surface area contributed by atoms with Crippen molar-refractivity contribution in [1.29, 1.82) is 0 Å². The van der Waals surface area contributed by atoms with Crippen LogP contribution in [0.3, 0.4) is 0 Å². The molecule has 0 amide bonds. The van der Waals surface area contributed by atoms with Gasteiger partial charge < -0.3 is 24.3 Å². The molecule has 0 heterocycles. The van der Waals surface area contributed by atoms with E-state index >= 15 is 0 Å². The van der Waals surface area contributed by atoms with Crippen molar-refractivity contribution in [3.8, 4) is 23.0 Å². The summed E-state index contributed by atoms with van der Waals surface area (Å²) in [5, 5.41) is 4.20. The molecule has 0 spiro atoms. The summed E-state index contributed by atoms with van der Waals surface area (Å²) in [5.41, 5.74) is 3.38. The Bertz CT molecular complexity index is 996. The van der Waals surface area contributed by atoms with Crippen LogP contribution in [0.25, 0.3) is 0 Å². The fourth-order valence-electron chi connectivity index (χ4n) is 3.29. The molecule has 7 heteroatoms. The molecule has 0 aromatic heterocycles. The van der Waals surface area contributed by atoms with Gasteiger partial charge in [0.15, 0.2) is 23.0 Å². The fraction of sp³-hybridized carbons (Fsp3) is 0.308. The van der Waals surface area contributed by atoms with Crippen LogP contribution in [0.4, 0.5) is 0 Å². The molecule has 0 radical (unpaired) electrons. The molecule has 3 rings (SSSR count). The van der Waals surface area contributed by atoms with Crippen LogP contribution in [0.2, 0.25) is 5.02 Å². The van der Waals surface area contributed by atoms with Crippen molar-refractivity contribution in [2.45, 2.75) is 26.5 Å². The molecule has 3 aromatic carbocycles. The van der Waals surface area contributed by atoms with Gasteiger partial charge in [0.2, 0.25) is 0 Å². The summed E-state index contributed by atoms with van der Waals surface area (Å²) in [6.45, 7) is 4.59. The topological polar surface area (TPSA) is 49.0 Å². The van der Waals surface area contributed by atoms with Gasteiger partial charge in [0.1, 0.15) is 6.61 Å². The third kappa shape index (κ3) is 8.04. The molecule has 0 aliphatic rings. The van der Waals surface area contributed by atoms with Crippen LogP contribution in [0.5, 0.6) is 23.0 Å². The zero-order chi connectivity index (χ0) is 22.8. The fourth-order valence-corrected chi connectivity index (χ4v) is 3.42. The number of hydrogen-bond acceptors (Lipinski definition) is 5. The van der Waals surface area contributed by atoms with Gasteiger partial charge >= 0.3 is 0 Å². The molecule has 0 bridgehead atoms. The van der Waals surface area contributed by atoms with Crippen LogP contribution >= 0.6 is 24.0 Å². The summed E-state index contributed by atoms with van der Waals surface area (Å²) >= 11 is 5.95. The lowest BCUT2D eigenvalue weighted by Crippen LogP contribution is -2.16. The van der Waals surface area contributed by atoms with Gasteiger partial charge in [-0.2, -0.15) is 0 Å². The summed E-state index contributed by atoms with van der Waals surface area (Å²) in [4.78, 5) is 0. The average Bonchev–Trinajstić information content (AvgIpc) is 2.82. The van der Waals surface area contributed by atoms with Crippen LogP contribution in [0.15, 0.2) is 60.7 Å². The quantitative estimate of drug-likeness (QED) is 0.310. The highest BCUT2D eigenvalue weighted by Crippen LogP contribution is 2.30. The zero-order valence-electron chi connectivity index (χ0n) is 19.2. The van der Waals surface area contributed by atoms with Crippen LogP contribution in [-0.4, -0.2) is 27.4 Å². The Labute approximate surface area is 207 Å². The number of benzene rings is 3. The Morgan fingerprint density at radius 3 is 2.06 bits per heavy atom. The van der Waals surface area contributed by atoms with Crippen molar-refractivity contribution in [3.05, 3.63) is 82.4 Å². The summed E-state index contributed by atoms with van der Waals surface area (Å²) in [6, 6.07) is 19.7. The smallest absolute Gasteiger partial charge is 0.161 e. The molecular formula is C26H31Cl2NO4. The Kier molecular flexibility index (Phi) is 11.2.